The molecule has 7 nitrogen and oxygen atoms in total. The average Bonchev–Trinajstić information content (AvgIpc) is 3.28. The number of nitrogens with zero attached hydrogens (tertiary/aromatic N) is 2. The predicted octanol–water partition coefficient (Wildman–Crippen LogP) is 4.57. The van der Waals surface area contributed by atoms with Crippen molar-refractivity contribution in [3.63, 3.8) is 0 Å². The Morgan fingerprint density at radius 1 is 1.14 bits per heavy atom. The van der Waals surface area contributed by atoms with E-state index in [1.165, 1.54) is 12.1 Å². The standard InChI is InChI=1S/C20H15ClN4O3S/c1-9-3-6-16(29-9)15-8-13(17-10(2)25-28-20(17)24-15)19(27)23-11-4-5-14(21)12(7-11)18(22)26/h3-8H,1-2H3,(H2,22,26)(H,23,27). The van der Waals surface area contributed by atoms with E-state index in [-0.39, 0.29) is 16.3 Å². The van der Waals surface area contributed by atoms with Gasteiger partial charge in [0.15, 0.2) is 0 Å². The van der Waals surface area contributed by atoms with Crippen molar-refractivity contribution in [3.05, 3.63) is 63.1 Å². The number of anilines is 1. The smallest absolute Gasteiger partial charge is 0.259 e. The van der Waals surface area contributed by atoms with Crippen molar-refractivity contribution in [2.45, 2.75) is 13.8 Å². The molecule has 0 radical (unpaired) electrons. The van der Waals surface area contributed by atoms with E-state index in [0.29, 0.717) is 28.0 Å². The highest BCUT2D eigenvalue weighted by atomic mass is 35.5. The van der Waals surface area contributed by atoms with Crippen molar-refractivity contribution in [2.75, 3.05) is 5.32 Å². The lowest BCUT2D eigenvalue weighted by atomic mass is 10.1. The van der Waals surface area contributed by atoms with Crippen LogP contribution in [-0.4, -0.2) is 22.0 Å². The topological polar surface area (TPSA) is 111 Å². The van der Waals surface area contributed by atoms with Gasteiger partial charge >= 0.3 is 0 Å². The molecule has 9 heteroatoms. The number of amides is 2. The Morgan fingerprint density at radius 2 is 1.93 bits per heavy atom. The van der Waals surface area contributed by atoms with E-state index in [0.717, 1.165) is 9.75 Å². The first-order valence-corrected chi connectivity index (χ1v) is 9.77. The summed E-state index contributed by atoms with van der Waals surface area (Å²) in [6.07, 6.45) is 0. The maximum Gasteiger partial charge on any atom is 0.259 e. The molecule has 0 fully saturated rings. The lowest BCUT2D eigenvalue weighted by Crippen LogP contribution is -2.15. The molecule has 0 saturated carbocycles. The Bertz CT molecular complexity index is 1280. The number of aryl methyl sites for hydroxylation is 2. The van der Waals surface area contributed by atoms with E-state index in [4.69, 9.17) is 21.9 Å². The van der Waals surface area contributed by atoms with E-state index in [1.807, 2.05) is 19.1 Å². The quantitative estimate of drug-likeness (QED) is 0.496. The molecule has 0 bridgehead atoms. The van der Waals surface area contributed by atoms with Crippen LogP contribution in [0.3, 0.4) is 0 Å². The van der Waals surface area contributed by atoms with Gasteiger partial charge in [0.2, 0.25) is 5.91 Å². The van der Waals surface area contributed by atoms with Gasteiger partial charge in [-0.15, -0.1) is 11.3 Å². The van der Waals surface area contributed by atoms with Gasteiger partial charge in [0.1, 0.15) is 0 Å². The molecule has 4 aromatic rings. The zero-order valence-electron chi connectivity index (χ0n) is 15.4. The molecule has 2 amide bonds. The van der Waals surface area contributed by atoms with E-state index in [2.05, 4.69) is 15.5 Å². The Hall–Kier alpha value is -3.23. The number of pyridine rings is 1. The van der Waals surface area contributed by atoms with Gasteiger partial charge in [-0.2, -0.15) is 0 Å². The third-order valence-corrected chi connectivity index (χ3v) is 5.70. The van der Waals surface area contributed by atoms with E-state index >= 15 is 0 Å². The minimum atomic E-state index is -0.678. The first-order chi connectivity index (χ1) is 13.8. The van der Waals surface area contributed by atoms with Crippen molar-refractivity contribution in [1.82, 2.24) is 10.1 Å². The van der Waals surface area contributed by atoms with Crippen LogP contribution in [0.2, 0.25) is 5.02 Å². The largest absolute Gasteiger partial charge is 0.366 e. The minimum absolute atomic E-state index is 0.125. The van der Waals surface area contributed by atoms with Gasteiger partial charge in [0, 0.05) is 10.6 Å². The Balaban J connectivity index is 1.78. The maximum atomic E-state index is 13.1. The van der Waals surface area contributed by atoms with E-state index in [9.17, 15) is 9.59 Å². The molecule has 4 rings (SSSR count). The van der Waals surface area contributed by atoms with Gasteiger partial charge in [-0.3, -0.25) is 9.59 Å². The normalized spacial score (nSPS) is 11.0. The van der Waals surface area contributed by atoms with Gasteiger partial charge in [-0.25, -0.2) is 4.98 Å². The number of thiophene rings is 1. The fraction of sp³-hybridized carbons (Fsp3) is 0.100. The molecule has 3 aromatic heterocycles. The SMILES string of the molecule is Cc1ccc(-c2cc(C(=O)Nc3ccc(Cl)c(C(N)=O)c3)c3c(C)noc3n2)s1. The lowest BCUT2D eigenvalue weighted by Gasteiger charge is -2.09. The van der Waals surface area contributed by atoms with Gasteiger partial charge in [0.05, 0.1) is 37.8 Å². The molecule has 0 unspecified atom stereocenters. The zero-order chi connectivity index (χ0) is 20.7. The summed E-state index contributed by atoms with van der Waals surface area (Å²) < 4.78 is 5.31. The van der Waals surface area contributed by atoms with Gasteiger partial charge in [-0.05, 0) is 50.2 Å². The van der Waals surface area contributed by atoms with Crippen LogP contribution in [0.15, 0.2) is 40.9 Å². The molecule has 0 spiro atoms. The molecule has 0 aliphatic rings. The van der Waals surface area contributed by atoms with Crippen LogP contribution < -0.4 is 11.1 Å². The summed E-state index contributed by atoms with van der Waals surface area (Å²) in [5.74, 6) is -1.07. The van der Waals surface area contributed by atoms with Crippen LogP contribution in [0.1, 0.15) is 31.3 Å². The fourth-order valence-corrected chi connectivity index (χ4v) is 4.00. The molecule has 0 saturated heterocycles. The zero-order valence-corrected chi connectivity index (χ0v) is 17.0. The first kappa shape index (κ1) is 19.1. The lowest BCUT2D eigenvalue weighted by molar-refractivity contribution is 0.0996. The van der Waals surface area contributed by atoms with Crippen LogP contribution in [0.25, 0.3) is 21.7 Å². The molecule has 29 heavy (non-hydrogen) atoms. The second-order valence-electron chi connectivity index (χ2n) is 6.43. The third-order valence-electron chi connectivity index (χ3n) is 4.34. The summed E-state index contributed by atoms with van der Waals surface area (Å²) in [6, 6.07) is 10.2. The second kappa shape index (κ2) is 7.31. The Morgan fingerprint density at radius 3 is 2.62 bits per heavy atom. The van der Waals surface area contributed by atoms with Gasteiger partial charge < -0.3 is 15.6 Å². The molecule has 3 N–H and O–H groups in total. The number of hydrogen-bond acceptors (Lipinski definition) is 6. The summed E-state index contributed by atoms with van der Waals surface area (Å²) >= 11 is 7.54. The number of benzene rings is 1. The second-order valence-corrected chi connectivity index (χ2v) is 8.12. The molecule has 0 aliphatic heterocycles. The van der Waals surface area contributed by atoms with Gasteiger partial charge in [-0.1, -0.05) is 16.8 Å². The summed E-state index contributed by atoms with van der Waals surface area (Å²) in [6.45, 7) is 3.74. The van der Waals surface area contributed by atoms with Crippen LogP contribution in [0.5, 0.6) is 0 Å². The van der Waals surface area contributed by atoms with Crippen molar-refractivity contribution in [1.29, 1.82) is 0 Å². The van der Waals surface area contributed by atoms with E-state index in [1.54, 1.807) is 30.4 Å². The number of fused-ring (bicyclic) bond motifs is 1. The number of aromatic nitrogens is 2. The molecule has 3 heterocycles. The first-order valence-electron chi connectivity index (χ1n) is 8.58. The summed E-state index contributed by atoms with van der Waals surface area (Å²) in [5.41, 5.74) is 7.66. The Kier molecular flexibility index (Phi) is 4.81. The number of halogens is 1. The van der Waals surface area contributed by atoms with Crippen molar-refractivity contribution < 1.29 is 14.1 Å². The molecule has 146 valence electrons. The number of rotatable bonds is 4. The maximum absolute atomic E-state index is 13.1. The van der Waals surface area contributed by atoms with Crippen LogP contribution in [-0.2, 0) is 0 Å². The number of primary amides is 1. The average molecular weight is 427 g/mol. The monoisotopic (exact) mass is 426 g/mol. The van der Waals surface area contributed by atoms with Crippen LogP contribution in [0, 0.1) is 13.8 Å². The van der Waals surface area contributed by atoms with Crippen LogP contribution in [0.4, 0.5) is 5.69 Å². The molecular formula is C20H15ClN4O3S. The van der Waals surface area contributed by atoms with Crippen molar-refractivity contribution in [2.24, 2.45) is 5.73 Å². The van der Waals surface area contributed by atoms with E-state index < -0.39 is 11.8 Å². The summed E-state index contributed by atoms with van der Waals surface area (Å²) in [7, 11) is 0. The molecular weight excluding hydrogens is 412 g/mol. The number of carbonyl (C=O) groups is 2. The highest BCUT2D eigenvalue weighted by Crippen LogP contribution is 2.31. The highest BCUT2D eigenvalue weighted by Gasteiger charge is 2.20. The number of hydrogen-bond donors (Lipinski definition) is 2. The number of carbonyl (C=O) groups excluding carboxylic acids is 2. The van der Waals surface area contributed by atoms with Crippen LogP contribution >= 0.6 is 22.9 Å². The van der Waals surface area contributed by atoms with Crippen molar-refractivity contribution >= 4 is 51.5 Å². The predicted molar refractivity (Wildman–Crippen MR) is 113 cm³/mol. The fourth-order valence-electron chi connectivity index (χ4n) is 2.96. The summed E-state index contributed by atoms with van der Waals surface area (Å²) in [5, 5.41) is 7.46. The molecule has 0 aliphatic carbocycles. The molecule has 0 atom stereocenters. The van der Waals surface area contributed by atoms with Gasteiger partial charge in [0.25, 0.3) is 11.6 Å². The van der Waals surface area contributed by atoms with Crippen molar-refractivity contribution in [3.8, 4) is 10.6 Å². The highest BCUT2D eigenvalue weighted by molar-refractivity contribution is 7.15. The number of nitrogens with two attached hydrogens (primary N) is 1. The third kappa shape index (κ3) is 3.59. The molecule has 1 aromatic carbocycles. The number of nitrogens with one attached hydrogen (secondary N) is 1. The summed E-state index contributed by atoms with van der Waals surface area (Å²) in [4.78, 5) is 31.1. The Labute approximate surface area is 174 Å². The minimum Gasteiger partial charge on any atom is -0.366 e.